The summed E-state index contributed by atoms with van der Waals surface area (Å²) in [6, 6.07) is 2.64. The van der Waals surface area contributed by atoms with Crippen molar-refractivity contribution < 1.29 is 9.90 Å². The number of aromatic nitrogens is 1. The molecule has 64 valence electrons. The molecule has 0 saturated heterocycles. The number of nitrogens with zero attached hydrogens (tertiary/aromatic N) is 1. The van der Waals surface area contributed by atoms with Crippen LogP contribution in [-0.2, 0) is 0 Å². The first-order valence-corrected chi connectivity index (χ1v) is 3.55. The summed E-state index contributed by atoms with van der Waals surface area (Å²) in [5, 5.41) is 8.70. The molecule has 0 amide bonds. The van der Waals surface area contributed by atoms with Crippen molar-refractivity contribution in [3.8, 4) is 0 Å². The SMILES string of the molecule is N[C@H](CO)c1cc(C=O)ccn1. The molecule has 0 fully saturated rings. The van der Waals surface area contributed by atoms with Gasteiger partial charge in [0.25, 0.3) is 0 Å². The molecule has 3 N–H and O–H groups in total. The lowest BCUT2D eigenvalue weighted by molar-refractivity contribution is 0.112. The smallest absolute Gasteiger partial charge is 0.150 e. The number of aliphatic hydroxyl groups excluding tert-OH is 1. The van der Waals surface area contributed by atoms with Gasteiger partial charge >= 0.3 is 0 Å². The zero-order chi connectivity index (χ0) is 8.97. The fraction of sp³-hybridized carbons (Fsp3) is 0.250. The number of aldehydes is 1. The Balaban J connectivity index is 2.93. The van der Waals surface area contributed by atoms with Crippen LogP contribution in [0.4, 0.5) is 0 Å². The largest absolute Gasteiger partial charge is 0.394 e. The molecule has 12 heavy (non-hydrogen) atoms. The molecule has 0 bridgehead atoms. The highest BCUT2D eigenvalue weighted by molar-refractivity contribution is 5.74. The van der Waals surface area contributed by atoms with Gasteiger partial charge in [0, 0.05) is 11.8 Å². The van der Waals surface area contributed by atoms with E-state index in [2.05, 4.69) is 4.98 Å². The van der Waals surface area contributed by atoms with E-state index in [1.165, 1.54) is 6.20 Å². The Morgan fingerprint density at radius 3 is 3.08 bits per heavy atom. The third-order valence-corrected chi connectivity index (χ3v) is 1.52. The molecular weight excluding hydrogens is 156 g/mol. The Labute approximate surface area is 70.0 Å². The quantitative estimate of drug-likeness (QED) is 0.614. The van der Waals surface area contributed by atoms with E-state index in [0.29, 0.717) is 11.3 Å². The van der Waals surface area contributed by atoms with Gasteiger partial charge in [-0.05, 0) is 12.1 Å². The monoisotopic (exact) mass is 166 g/mol. The second-order valence-corrected chi connectivity index (χ2v) is 2.42. The van der Waals surface area contributed by atoms with Crippen LogP contribution in [0.2, 0.25) is 0 Å². The van der Waals surface area contributed by atoms with Crippen LogP contribution in [-0.4, -0.2) is 23.0 Å². The van der Waals surface area contributed by atoms with Gasteiger partial charge in [0.2, 0.25) is 0 Å². The predicted octanol–water partition coefficient (Wildman–Crippen LogP) is -0.114. The van der Waals surface area contributed by atoms with E-state index < -0.39 is 6.04 Å². The zero-order valence-corrected chi connectivity index (χ0v) is 6.47. The van der Waals surface area contributed by atoms with Gasteiger partial charge in [0.15, 0.2) is 0 Å². The van der Waals surface area contributed by atoms with Crippen molar-refractivity contribution in [1.29, 1.82) is 0 Å². The van der Waals surface area contributed by atoms with Crippen molar-refractivity contribution in [2.75, 3.05) is 6.61 Å². The first-order chi connectivity index (χ1) is 5.77. The molecule has 1 rings (SSSR count). The fourth-order valence-electron chi connectivity index (χ4n) is 0.835. The Kier molecular flexibility index (Phi) is 2.90. The third kappa shape index (κ3) is 1.87. The second-order valence-electron chi connectivity index (χ2n) is 2.42. The molecular formula is C8H10N2O2. The van der Waals surface area contributed by atoms with Crippen LogP contribution >= 0.6 is 0 Å². The summed E-state index contributed by atoms with van der Waals surface area (Å²) in [5.74, 6) is 0. The molecule has 1 aromatic rings. The highest BCUT2D eigenvalue weighted by atomic mass is 16.3. The van der Waals surface area contributed by atoms with Crippen molar-refractivity contribution in [2.45, 2.75) is 6.04 Å². The number of carbonyl (C=O) groups is 1. The van der Waals surface area contributed by atoms with E-state index in [4.69, 9.17) is 10.8 Å². The highest BCUT2D eigenvalue weighted by Gasteiger charge is 2.05. The molecule has 0 saturated carbocycles. The van der Waals surface area contributed by atoms with Crippen molar-refractivity contribution in [2.24, 2.45) is 5.73 Å². The lowest BCUT2D eigenvalue weighted by atomic mass is 10.1. The van der Waals surface area contributed by atoms with E-state index in [0.717, 1.165) is 6.29 Å². The maximum atomic E-state index is 10.3. The number of rotatable bonds is 3. The molecule has 0 aliphatic rings. The molecule has 0 radical (unpaired) electrons. The van der Waals surface area contributed by atoms with Gasteiger partial charge in [-0.1, -0.05) is 0 Å². The normalized spacial score (nSPS) is 12.5. The molecule has 1 heterocycles. The summed E-state index contributed by atoms with van der Waals surface area (Å²) in [6.45, 7) is -0.171. The number of nitrogens with two attached hydrogens (primary N) is 1. The molecule has 0 aliphatic carbocycles. The molecule has 4 nitrogen and oxygen atoms in total. The van der Waals surface area contributed by atoms with Crippen LogP contribution in [0, 0.1) is 0 Å². The molecule has 4 heteroatoms. The molecule has 0 spiro atoms. The fourth-order valence-corrected chi connectivity index (χ4v) is 0.835. The van der Waals surface area contributed by atoms with Gasteiger partial charge in [0.05, 0.1) is 18.3 Å². The number of carbonyl (C=O) groups excluding carboxylic acids is 1. The zero-order valence-electron chi connectivity index (χ0n) is 6.47. The Hall–Kier alpha value is -1.26. The van der Waals surface area contributed by atoms with Gasteiger partial charge in [-0.25, -0.2) is 0 Å². The minimum absolute atomic E-state index is 0.171. The van der Waals surface area contributed by atoms with Crippen LogP contribution in [0.5, 0.6) is 0 Å². The maximum Gasteiger partial charge on any atom is 0.150 e. The molecule has 0 aliphatic heterocycles. The van der Waals surface area contributed by atoms with Crippen molar-refractivity contribution in [3.63, 3.8) is 0 Å². The Morgan fingerprint density at radius 2 is 2.50 bits per heavy atom. The number of hydrogen-bond donors (Lipinski definition) is 2. The van der Waals surface area contributed by atoms with E-state index >= 15 is 0 Å². The first kappa shape index (κ1) is 8.83. The van der Waals surface area contributed by atoms with Crippen LogP contribution in [0.3, 0.4) is 0 Å². The number of hydrogen-bond acceptors (Lipinski definition) is 4. The highest BCUT2D eigenvalue weighted by Crippen LogP contribution is 2.06. The summed E-state index contributed by atoms with van der Waals surface area (Å²) in [7, 11) is 0. The molecule has 1 aromatic heterocycles. The van der Waals surface area contributed by atoms with Gasteiger partial charge in [-0.15, -0.1) is 0 Å². The first-order valence-electron chi connectivity index (χ1n) is 3.55. The summed E-state index contributed by atoms with van der Waals surface area (Å²) in [4.78, 5) is 14.3. The summed E-state index contributed by atoms with van der Waals surface area (Å²) >= 11 is 0. The number of aliphatic hydroxyl groups is 1. The molecule has 1 atom stereocenters. The summed E-state index contributed by atoms with van der Waals surface area (Å²) in [6.07, 6.45) is 2.21. The second kappa shape index (κ2) is 3.94. The van der Waals surface area contributed by atoms with Crippen molar-refractivity contribution in [3.05, 3.63) is 29.6 Å². The van der Waals surface area contributed by atoms with E-state index in [1.54, 1.807) is 12.1 Å². The van der Waals surface area contributed by atoms with Gasteiger partial charge < -0.3 is 10.8 Å². The van der Waals surface area contributed by atoms with Crippen LogP contribution < -0.4 is 5.73 Å². The van der Waals surface area contributed by atoms with E-state index in [-0.39, 0.29) is 6.61 Å². The number of pyridine rings is 1. The third-order valence-electron chi connectivity index (χ3n) is 1.52. The van der Waals surface area contributed by atoms with Gasteiger partial charge in [0.1, 0.15) is 6.29 Å². The topological polar surface area (TPSA) is 76.2 Å². The van der Waals surface area contributed by atoms with Crippen LogP contribution in [0.15, 0.2) is 18.3 Å². The molecule has 0 aromatic carbocycles. The summed E-state index contributed by atoms with van der Waals surface area (Å²) < 4.78 is 0. The minimum atomic E-state index is -0.509. The Bertz CT molecular complexity index is 276. The van der Waals surface area contributed by atoms with Crippen molar-refractivity contribution in [1.82, 2.24) is 4.98 Å². The minimum Gasteiger partial charge on any atom is -0.394 e. The van der Waals surface area contributed by atoms with Crippen molar-refractivity contribution >= 4 is 6.29 Å². The van der Waals surface area contributed by atoms with Gasteiger partial charge in [-0.3, -0.25) is 9.78 Å². The van der Waals surface area contributed by atoms with E-state index in [1.807, 2.05) is 0 Å². The summed E-state index contributed by atoms with van der Waals surface area (Å²) in [5.41, 5.74) is 6.54. The molecule has 0 unspecified atom stereocenters. The lowest BCUT2D eigenvalue weighted by Crippen LogP contribution is -2.16. The standard InChI is InChI=1S/C8H10N2O2/c9-7(5-12)8-3-6(4-11)1-2-10-8/h1-4,7,12H,5,9H2/t7-/m1/s1. The lowest BCUT2D eigenvalue weighted by Gasteiger charge is -2.06. The van der Waals surface area contributed by atoms with Gasteiger partial charge in [-0.2, -0.15) is 0 Å². The Morgan fingerprint density at radius 1 is 1.75 bits per heavy atom. The maximum absolute atomic E-state index is 10.3. The van der Waals surface area contributed by atoms with Crippen LogP contribution in [0.25, 0.3) is 0 Å². The average Bonchev–Trinajstić information content (AvgIpc) is 2.17. The van der Waals surface area contributed by atoms with Crippen LogP contribution in [0.1, 0.15) is 22.1 Å². The van der Waals surface area contributed by atoms with E-state index in [9.17, 15) is 4.79 Å². The predicted molar refractivity (Wildman–Crippen MR) is 43.6 cm³/mol. The average molecular weight is 166 g/mol.